The fourth-order valence-electron chi connectivity index (χ4n) is 4.05. The van der Waals surface area contributed by atoms with Crippen LogP contribution in [-0.4, -0.2) is 6.36 Å². The number of hydrogen-bond donors (Lipinski definition) is 0. The third kappa shape index (κ3) is 5.54. The van der Waals surface area contributed by atoms with Crippen LogP contribution < -0.4 is 4.74 Å². The Morgan fingerprint density at radius 1 is 0.758 bits per heavy atom. The molecule has 0 fully saturated rings. The van der Waals surface area contributed by atoms with Crippen molar-refractivity contribution >= 4 is 10.8 Å². The number of aryl methyl sites for hydroxylation is 1. The molecule has 0 bridgehead atoms. The maximum absolute atomic E-state index is 14.1. The van der Waals surface area contributed by atoms with Crippen molar-refractivity contribution < 1.29 is 22.3 Å². The van der Waals surface area contributed by atoms with Gasteiger partial charge in [-0.1, -0.05) is 86.5 Å². The number of unbranched alkanes of at least 4 members (excludes halogenated alkanes) is 2. The van der Waals surface area contributed by atoms with Crippen molar-refractivity contribution in [2.24, 2.45) is 0 Å². The number of rotatable bonds is 7. The number of benzene rings is 4. The van der Waals surface area contributed by atoms with Gasteiger partial charge in [-0.15, -0.1) is 13.2 Å². The lowest BCUT2D eigenvalue weighted by molar-refractivity contribution is -0.275. The Kier molecular flexibility index (Phi) is 6.68. The van der Waals surface area contributed by atoms with Crippen molar-refractivity contribution in [3.05, 3.63) is 90.2 Å². The second-order valence-corrected chi connectivity index (χ2v) is 8.09. The fraction of sp³-hybridized carbons (Fsp3) is 0.214. The van der Waals surface area contributed by atoms with E-state index in [9.17, 15) is 17.6 Å². The summed E-state index contributed by atoms with van der Waals surface area (Å²) in [5.41, 5.74) is 4.63. The van der Waals surface area contributed by atoms with Crippen molar-refractivity contribution in [1.29, 1.82) is 0 Å². The molecule has 0 N–H and O–H groups in total. The van der Waals surface area contributed by atoms with E-state index in [-0.39, 0.29) is 0 Å². The zero-order valence-electron chi connectivity index (χ0n) is 18.3. The fourth-order valence-corrected chi connectivity index (χ4v) is 4.05. The molecule has 4 aromatic carbocycles. The number of ether oxygens (including phenoxy) is 1. The van der Waals surface area contributed by atoms with E-state index in [0.29, 0.717) is 11.1 Å². The molecule has 4 aromatic rings. The standard InChI is InChI=1S/C28H24F4O/c1-2-3-4-6-19-9-15-25-23(17-19)7-5-8-24(25)21-12-10-20(11-13-21)22-14-16-27(26(29)18-22)33-28(30,31)32/h5,7-18H,2-4,6H2,1H3. The minimum Gasteiger partial charge on any atom is -0.403 e. The summed E-state index contributed by atoms with van der Waals surface area (Å²) in [5, 5.41) is 2.34. The van der Waals surface area contributed by atoms with Crippen LogP contribution in [0.25, 0.3) is 33.0 Å². The third-order valence-corrected chi connectivity index (χ3v) is 5.70. The van der Waals surface area contributed by atoms with E-state index in [1.807, 2.05) is 30.3 Å². The molecule has 0 atom stereocenters. The molecule has 0 saturated carbocycles. The van der Waals surface area contributed by atoms with Gasteiger partial charge in [0.2, 0.25) is 0 Å². The molecule has 0 aliphatic heterocycles. The summed E-state index contributed by atoms with van der Waals surface area (Å²) in [6.07, 6.45) is -0.240. The van der Waals surface area contributed by atoms with Crippen LogP contribution in [-0.2, 0) is 6.42 Å². The lowest BCUT2D eigenvalue weighted by Gasteiger charge is -2.12. The van der Waals surface area contributed by atoms with Gasteiger partial charge in [0.05, 0.1) is 0 Å². The van der Waals surface area contributed by atoms with Gasteiger partial charge in [-0.3, -0.25) is 0 Å². The molecule has 5 heteroatoms. The largest absolute Gasteiger partial charge is 0.573 e. The second-order valence-electron chi connectivity index (χ2n) is 8.09. The highest BCUT2D eigenvalue weighted by Crippen LogP contribution is 2.33. The molecule has 0 spiro atoms. The van der Waals surface area contributed by atoms with E-state index in [1.54, 1.807) is 0 Å². The first-order chi connectivity index (χ1) is 15.8. The highest BCUT2D eigenvalue weighted by atomic mass is 19.4. The molecular weight excluding hydrogens is 428 g/mol. The highest BCUT2D eigenvalue weighted by Gasteiger charge is 2.32. The van der Waals surface area contributed by atoms with Gasteiger partial charge in [-0.2, -0.15) is 0 Å². The molecule has 0 radical (unpaired) electrons. The molecule has 1 nitrogen and oxygen atoms in total. The predicted molar refractivity (Wildman–Crippen MR) is 125 cm³/mol. The van der Waals surface area contributed by atoms with Gasteiger partial charge < -0.3 is 4.74 Å². The van der Waals surface area contributed by atoms with Crippen molar-refractivity contribution in [2.45, 2.75) is 39.0 Å². The van der Waals surface area contributed by atoms with Crippen molar-refractivity contribution in [1.82, 2.24) is 0 Å². The van der Waals surface area contributed by atoms with Crippen LogP contribution in [0, 0.1) is 5.82 Å². The number of hydrogen-bond acceptors (Lipinski definition) is 1. The molecule has 0 heterocycles. The molecule has 0 amide bonds. The molecule has 0 unspecified atom stereocenters. The van der Waals surface area contributed by atoms with Gasteiger partial charge in [-0.05, 0) is 63.6 Å². The topological polar surface area (TPSA) is 9.23 Å². The highest BCUT2D eigenvalue weighted by molar-refractivity contribution is 5.97. The summed E-state index contributed by atoms with van der Waals surface area (Å²) in [6, 6.07) is 23.8. The summed E-state index contributed by atoms with van der Waals surface area (Å²) in [5.74, 6) is -1.90. The van der Waals surface area contributed by atoms with Crippen LogP contribution in [0.2, 0.25) is 0 Å². The Morgan fingerprint density at radius 3 is 2.18 bits per heavy atom. The lowest BCUT2D eigenvalue weighted by atomic mass is 9.94. The third-order valence-electron chi connectivity index (χ3n) is 5.70. The van der Waals surface area contributed by atoms with Crippen LogP contribution in [0.5, 0.6) is 5.75 Å². The Hall–Kier alpha value is -3.34. The quantitative estimate of drug-likeness (QED) is 0.201. The maximum atomic E-state index is 14.1. The molecule has 33 heavy (non-hydrogen) atoms. The first-order valence-electron chi connectivity index (χ1n) is 11.0. The Morgan fingerprint density at radius 2 is 1.48 bits per heavy atom. The maximum Gasteiger partial charge on any atom is 0.573 e. The Bertz CT molecular complexity index is 1240. The lowest BCUT2D eigenvalue weighted by Crippen LogP contribution is -2.17. The number of alkyl halides is 3. The van der Waals surface area contributed by atoms with E-state index in [0.717, 1.165) is 35.1 Å². The van der Waals surface area contributed by atoms with E-state index in [2.05, 4.69) is 42.0 Å². The molecule has 0 aliphatic rings. The van der Waals surface area contributed by atoms with Crippen LogP contribution in [0.1, 0.15) is 31.7 Å². The van der Waals surface area contributed by atoms with E-state index in [4.69, 9.17) is 0 Å². The molecule has 4 rings (SSSR count). The summed E-state index contributed by atoms with van der Waals surface area (Å²) >= 11 is 0. The van der Waals surface area contributed by atoms with Gasteiger partial charge in [0.15, 0.2) is 11.6 Å². The SMILES string of the molecule is CCCCCc1ccc2c(-c3ccc(-c4ccc(OC(F)(F)F)c(F)c4)cc3)cccc2c1. The van der Waals surface area contributed by atoms with Gasteiger partial charge in [0, 0.05) is 0 Å². The summed E-state index contributed by atoms with van der Waals surface area (Å²) < 4.78 is 54.9. The van der Waals surface area contributed by atoms with Crippen molar-refractivity contribution in [2.75, 3.05) is 0 Å². The van der Waals surface area contributed by atoms with E-state index >= 15 is 0 Å². The van der Waals surface area contributed by atoms with Crippen LogP contribution >= 0.6 is 0 Å². The van der Waals surface area contributed by atoms with Gasteiger partial charge in [0.25, 0.3) is 0 Å². The van der Waals surface area contributed by atoms with Gasteiger partial charge in [0.1, 0.15) is 0 Å². The summed E-state index contributed by atoms with van der Waals surface area (Å²) in [7, 11) is 0. The zero-order chi connectivity index (χ0) is 23.4. The predicted octanol–water partition coefficient (Wildman–Crippen LogP) is 8.94. The van der Waals surface area contributed by atoms with Gasteiger partial charge in [-0.25, -0.2) is 4.39 Å². The van der Waals surface area contributed by atoms with Crippen LogP contribution in [0.4, 0.5) is 17.6 Å². The molecular formula is C28H24F4O. The second kappa shape index (κ2) is 9.65. The number of halogens is 4. The molecule has 0 aromatic heterocycles. The van der Waals surface area contributed by atoms with Crippen LogP contribution in [0.3, 0.4) is 0 Å². The smallest absolute Gasteiger partial charge is 0.403 e. The van der Waals surface area contributed by atoms with Crippen molar-refractivity contribution in [3.63, 3.8) is 0 Å². The minimum atomic E-state index is -4.93. The summed E-state index contributed by atoms with van der Waals surface area (Å²) in [4.78, 5) is 0. The number of fused-ring (bicyclic) bond motifs is 1. The zero-order valence-corrected chi connectivity index (χ0v) is 18.3. The first-order valence-corrected chi connectivity index (χ1v) is 11.0. The minimum absolute atomic E-state index is 0.475. The monoisotopic (exact) mass is 452 g/mol. The van der Waals surface area contributed by atoms with E-state index in [1.165, 1.54) is 36.3 Å². The Labute approximate surface area is 190 Å². The van der Waals surface area contributed by atoms with E-state index < -0.39 is 17.9 Å². The normalized spacial score (nSPS) is 11.7. The average molecular weight is 452 g/mol. The Balaban J connectivity index is 1.59. The molecule has 0 saturated heterocycles. The van der Waals surface area contributed by atoms with Crippen LogP contribution in [0.15, 0.2) is 78.9 Å². The first kappa shape index (κ1) is 22.8. The molecule has 0 aliphatic carbocycles. The average Bonchev–Trinajstić information content (AvgIpc) is 2.79. The van der Waals surface area contributed by atoms with Crippen molar-refractivity contribution in [3.8, 4) is 28.0 Å². The molecule has 170 valence electrons. The summed E-state index contributed by atoms with van der Waals surface area (Å²) in [6.45, 7) is 2.20. The van der Waals surface area contributed by atoms with Gasteiger partial charge >= 0.3 is 6.36 Å².